The van der Waals surface area contributed by atoms with E-state index in [1.165, 1.54) is 4.90 Å². The Morgan fingerprint density at radius 3 is 2.35 bits per heavy atom. The highest BCUT2D eigenvalue weighted by Gasteiger charge is 2.63. The summed E-state index contributed by atoms with van der Waals surface area (Å²) in [4.78, 5) is 44.2. The van der Waals surface area contributed by atoms with E-state index in [1.807, 2.05) is 20.8 Å². The maximum atomic E-state index is 14.2. The second-order valence-corrected chi connectivity index (χ2v) is 11.0. The van der Waals surface area contributed by atoms with Crippen molar-refractivity contribution in [2.24, 2.45) is 5.41 Å². The molecule has 0 radical (unpaired) electrons. The number of aromatic nitrogens is 1. The van der Waals surface area contributed by atoms with Crippen molar-refractivity contribution >= 4 is 23.5 Å². The molecule has 3 aliphatic rings. The zero-order valence-electron chi connectivity index (χ0n) is 20.8. The molecule has 1 aromatic carbocycles. The molecule has 4 amide bonds. The number of urea groups is 1. The third kappa shape index (κ3) is 3.20. The molecule has 1 N–H and O–H groups in total. The Balaban J connectivity index is 1.70. The molecular formula is C27H34N4O3. The molecule has 0 unspecified atom stereocenters. The van der Waals surface area contributed by atoms with Gasteiger partial charge in [-0.15, -0.1) is 0 Å². The number of amides is 4. The van der Waals surface area contributed by atoms with Gasteiger partial charge >= 0.3 is 6.03 Å². The van der Waals surface area contributed by atoms with Crippen LogP contribution in [0.3, 0.4) is 0 Å². The van der Waals surface area contributed by atoms with Crippen LogP contribution in [0.2, 0.25) is 0 Å². The van der Waals surface area contributed by atoms with Gasteiger partial charge in [-0.3, -0.25) is 19.8 Å². The lowest BCUT2D eigenvalue weighted by molar-refractivity contribution is -0.156. The van der Waals surface area contributed by atoms with E-state index in [-0.39, 0.29) is 11.9 Å². The summed E-state index contributed by atoms with van der Waals surface area (Å²) < 4.78 is 2.19. The number of hydrogen-bond acceptors (Lipinski definition) is 4. The molecule has 7 nitrogen and oxygen atoms in total. The molecule has 2 fully saturated rings. The third-order valence-corrected chi connectivity index (χ3v) is 7.78. The van der Waals surface area contributed by atoms with Crippen molar-refractivity contribution in [1.82, 2.24) is 14.8 Å². The van der Waals surface area contributed by atoms with Crippen molar-refractivity contribution in [3.63, 3.8) is 0 Å². The summed E-state index contributed by atoms with van der Waals surface area (Å²) in [5, 5.41) is 2.57. The van der Waals surface area contributed by atoms with Crippen LogP contribution in [0.5, 0.6) is 0 Å². The Morgan fingerprint density at radius 2 is 1.68 bits per heavy atom. The molecule has 2 saturated heterocycles. The molecule has 180 valence electrons. The fourth-order valence-electron chi connectivity index (χ4n) is 6.25. The molecule has 0 bridgehead atoms. The molecule has 0 aliphatic carbocycles. The average Bonchev–Trinajstić information content (AvgIpc) is 2.94. The zero-order valence-corrected chi connectivity index (χ0v) is 20.8. The predicted octanol–water partition coefficient (Wildman–Crippen LogP) is 4.26. The largest absolute Gasteiger partial charge is 0.367 e. The van der Waals surface area contributed by atoms with Crippen LogP contribution in [0.25, 0.3) is 5.69 Å². The topological polar surface area (TPSA) is 74.6 Å². The average molecular weight is 463 g/mol. The second-order valence-electron chi connectivity index (χ2n) is 11.0. The molecule has 2 aromatic rings. The SMILES string of the molecule is Cc1ccc(C)n1-c1ccc2c(c1)C[C@@]1(C(=O)NC(=O)N(C(C)(C)C)C1=O)[C@H]1CCCCCN21. The molecule has 4 heterocycles. The summed E-state index contributed by atoms with van der Waals surface area (Å²) in [5.41, 5.74) is 3.32. The number of rotatable bonds is 1. The van der Waals surface area contributed by atoms with E-state index in [4.69, 9.17) is 0 Å². The molecule has 34 heavy (non-hydrogen) atoms. The van der Waals surface area contributed by atoms with Crippen LogP contribution in [0.4, 0.5) is 10.5 Å². The van der Waals surface area contributed by atoms with Crippen LogP contribution in [0, 0.1) is 19.3 Å². The minimum Gasteiger partial charge on any atom is -0.367 e. The van der Waals surface area contributed by atoms with Gasteiger partial charge in [0, 0.05) is 34.8 Å². The van der Waals surface area contributed by atoms with Gasteiger partial charge in [-0.25, -0.2) is 4.79 Å². The summed E-state index contributed by atoms with van der Waals surface area (Å²) in [6.45, 7) is 10.5. The Morgan fingerprint density at radius 1 is 0.971 bits per heavy atom. The van der Waals surface area contributed by atoms with E-state index in [2.05, 4.69) is 59.0 Å². The van der Waals surface area contributed by atoms with Crippen LogP contribution in [-0.4, -0.2) is 45.4 Å². The van der Waals surface area contributed by atoms with Gasteiger partial charge in [-0.1, -0.05) is 12.8 Å². The van der Waals surface area contributed by atoms with Crippen molar-refractivity contribution in [3.05, 3.63) is 47.3 Å². The van der Waals surface area contributed by atoms with E-state index < -0.39 is 22.9 Å². The molecule has 7 heteroatoms. The van der Waals surface area contributed by atoms with Gasteiger partial charge in [0.25, 0.3) is 0 Å². The number of imide groups is 2. The first kappa shape index (κ1) is 22.7. The minimum atomic E-state index is -1.32. The quantitative estimate of drug-likeness (QED) is 0.643. The highest BCUT2D eigenvalue weighted by Crippen LogP contribution is 2.48. The van der Waals surface area contributed by atoms with Gasteiger partial charge in [-0.05, 0) is 89.8 Å². The molecule has 1 spiro atoms. The number of barbiturate groups is 1. The summed E-state index contributed by atoms with van der Waals surface area (Å²) in [5.74, 6) is -0.820. The Hall–Kier alpha value is -3.09. The fourth-order valence-corrected chi connectivity index (χ4v) is 6.25. The molecular weight excluding hydrogens is 428 g/mol. The minimum absolute atomic E-state index is 0.270. The lowest BCUT2D eigenvalue weighted by atomic mass is 9.67. The van der Waals surface area contributed by atoms with Gasteiger partial charge < -0.3 is 9.47 Å². The van der Waals surface area contributed by atoms with Crippen LogP contribution >= 0.6 is 0 Å². The van der Waals surface area contributed by atoms with Crippen molar-refractivity contribution in [1.29, 1.82) is 0 Å². The van der Waals surface area contributed by atoms with Gasteiger partial charge in [0.05, 0.1) is 6.04 Å². The van der Waals surface area contributed by atoms with E-state index in [1.54, 1.807) is 0 Å². The monoisotopic (exact) mass is 462 g/mol. The zero-order chi connectivity index (χ0) is 24.4. The first-order valence-corrected chi connectivity index (χ1v) is 12.3. The van der Waals surface area contributed by atoms with Crippen molar-refractivity contribution < 1.29 is 14.4 Å². The lowest BCUT2D eigenvalue weighted by Gasteiger charge is -2.53. The van der Waals surface area contributed by atoms with Crippen molar-refractivity contribution in [2.45, 2.75) is 78.3 Å². The summed E-state index contributed by atoms with van der Waals surface area (Å²) in [6, 6.07) is 9.69. The first-order chi connectivity index (χ1) is 16.1. The summed E-state index contributed by atoms with van der Waals surface area (Å²) in [7, 11) is 0. The van der Waals surface area contributed by atoms with E-state index in [0.29, 0.717) is 6.42 Å². The smallest absolute Gasteiger partial charge is 0.331 e. The van der Waals surface area contributed by atoms with Crippen LogP contribution < -0.4 is 10.2 Å². The van der Waals surface area contributed by atoms with Gasteiger partial charge in [0.2, 0.25) is 11.8 Å². The van der Waals surface area contributed by atoms with Crippen LogP contribution in [0.15, 0.2) is 30.3 Å². The summed E-state index contributed by atoms with van der Waals surface area (Å²) in [6.07, 6.45) is 4.09. The number of aryl methyl sites for hydroxylation is 2. The van der Waals surface area contributed by atoms with E-state index >= 15 is 0 Å². The number of hydrogen-bond donors (Lipinski definition) is 1. The molecule has 0 saturated carbocycles. The van der Waals surface area contributed by atoms with Crippen LogP contribution in [0.1, 0.15) is 63.4 Å². The molecule has 5 rings (SSSR count). The maximum Gasteiger partial charge on any atom is 0.331 e. The van der Waals surface area contributed by atoms with E-state index in [9.17, 15) is 14.4 Å². The standard InChI is InChI=1S/C27H34N4O3/c1-17-10-11-18(2)30(17)20-12-13-21-19(15-20)16-27(22-9-7-6-8-14-29(21)22)23(32)28-25(34)31(24(27)33)26(3,4)5/h10-13,15,22H,6-9,14,16H2,1-5H3,(H,28,32,34)/t22-,27+/m1/s1. The first-order valence-electron chi connectivity index (χ1n) is 12.3. The Kier molecular flexibility index (Phi) is 5.15. The molecule has 2 atom stereocenters. The summed E-state index contributed by atoms with van der Waals surface area (Å²) >= 11 is 0. The lowest BCUT2D eigenvalue weighted by Crippen LogP contribution is -2.74. The molecule has 3 aliphatic heterocycles. The highest BCUT2D eigenvalue weighted by molar-refractivity contribution is 6.20. The number of nitrogens with one attached hydrogen (secondary N) is 1. The van der Waals surface area contributed by atoms with Gasteiger partial charge in [0.15, 0.2) is 5.41 Å². The fraction of sp³-hybridized carbons (Fsp3) is 0.519. The van der Waals surface area contributed by atoms with Gasteiger partial charge in [-0.2, -0.15) is 0 Å². The highest BCUT2D eigenvalue weighted by atomic mass is 16.2. The Labute approximate surface area is 201 Å². The normalized spacial score (nSPS) is 25.2. The van der Waals surface area contributed by atoms with Crippen molar-refractivity contribution in [3.8, 4) is 5.69 Å². The second kappa shape index (κ2) is 7.72. The van der Waals surface area contributed by atoms with Crippen molar-refractivity contribution in [2.75, 3.05) is 11.4 Å². The number of anilines is 1. The number of carbonyl (C=O) groups is 3. The number of nitrogens with zero attached hydrogens (tertiary/aromatic N) is 3. The molecule has 1 aromatic heterocycles. The number of fused-ring (bicyclic) bond motifs is 4. The van der Waals surface area contributed by atoms with E-state index in [0.717, 1.165) is 60.6 Å². The third-order valence-electron chi connectivity index (χ3n) is 7.78. The predicted molar refractivity (Wildman–Crippen MR) is 131 cm³/mol. The number of benzene rings is 1. The van der Waals surface area contributed by atoms with Gasteiger partial charge in [0.1, 0.15) is 0 Å². The van der Waals surface area contributed by atoms with Crippen LogP contribution in [-0.2, 0) is 16.0 Å². The Bertz CT molecular complexity index is 1170. The number of carbonyl (C=O) groups excluding carboxylic acids is 3. The maximum absolute atomic E-state index is 14.2.